The van der Waals surface area contributed by atoms with E-state index in [0.717, 1.165) is 29.8 Å². The third-order valence-electron chi connectivity index (χ3n) is 7.09. The molecule has 7 nitrogen and oxygen atoms in total. The summed E-state index contributed by atoms with van der Waals surface area (Å²) in [6, 6.07) is 16.4. The number of primary amides is 1. The minimum atomic E-state index is -3.32. The van der Waals surface area contributed by atoms with Crippen LogP contribution < -0.4 is 16.0 Å². The van der Waals surface area contributed by atoms with Crippen LogP contribution in [0.4, 0.5) is 11.4 Å². The Labute approximate surface area is 197 Å². The molecule has 3 N–H and O–H groups in total. The van der Waals surface area contributed by atoms with Gasteiger partial charge < -0.3 is 16.0 Å². The average molecular weight is 471 g/mol. The maximum Gasteiger partial charge on any atom is 0.224 e. The molecule has 1 atom stereocenters. The summed E-state index contributed by atoms with van der Waals surface area (Å²) in [5.74, 6) is 0.0954. The summed E-state index contributed by atoms with van der Waals surface area (Å²) in [4.78, 5) is 13.3. The van der Waals surface area contributed by atoms with E-state index in [4.69, 9.17) is 5.73 Å². The van der Waals surface area contributed by atoms with Gasteiger partial charge in [0.15, 0.2) is 0 Å². The lowest BCUT2D eigenvalue weighted by Crippen LogP contribution is -2.52. The fourth-order valence-electron chi connectivity index (χ4n) is 4.79. The quantitative estimate of drug-likeness (QED) is 0.618. The summed E-state index contributed by atoms with van der Waals surface area (Å²) in [6.45, 7) is 4.41. The fourth-order valence-corrected chi connectivity index (χ4v) is 6.59. The average Bonchev–Trinajstić information content (AvgIpc) is 2.78. The standard InChI is InChI=1S/C25H34N4O3S/c1-18(19-5-9-24(10-6-19)28-15-22(16-28)25(26)30)17-33(31,32)29-13-11-21(12-14-29)20-3-7-23(27-2)8-4-20/h3-10,18,21-22,27H,11-17H2,1-2H3,(H2,26,30)/t18-/m0/s1. The Balaban J connectivity index is 1.30. The molecule has 2 heterocycles. The Morgan fingerprint density at radius 1 is 1.06 bits per heavy atom. The van der Waals surface area contributed by atoms with Gasteiger partial charge in [0.05, 0.1) is 11.7 Å². The summed E-state index contributed by atoms with van der Waals surface area (Å²) in [6.07, 6.45) is 1.70. The zero-order chi connectivity index (χ0) is 23.6. The molecule has 2 aliphatic heterocycles. The molecule has 0 saturated carbocycles. The summed E-state index contributed by atoms with van der Waals surface area (Å²) in [5.41, 5.74) is 9.75. The van der Waals surface area contributed by atoms with Crippen molar-refractivity contribution in [1.29, 1.82) is 0 Å². The summed E-state index contributed by atoms with van der Waals surface area (Å²) in [7, 11) is -1.42. The molecule has 0 bridgehead atoms. The first kappa shape index (κ1) is 23.6. The second-order valence-electron chi connectivity index (χ2n) is 9.32. The third kappa shape index (κ3) is 5.33. The van der Waals surface area contributed by atoms with E-state index in [-0.39, 0.29) is 23.5 Å². The molecule has 0 radical (unpaired) electrons. The van der Waals surface area contributed by atoms with Crippen molar-refractivity contribution in [3.8, 4) is 0 Å². The number of carbonyl (C=O) groups is 1. The molecule has 4 rings (SSSR count). The van der Waals surface area contributed by atoms with Gasteiger partial charge in [-0.2, -0.15) is 0 Å². The van der Waals surface area contributed by atoms with E-state index in [9.17, 15) is 13.2 Å². The van der Waals surface area contributed by atoms with Crippen LogP contribution in [0.3, 0.4) is 0 Å². The molecule has 0 spiro atoms. The minimum Gasteiger partial charge on any atom is -0.388 e. The molecule has 2 aromatic rings. The molecular weight excluding hydrogens is 436 g/mol. The number of nitrogens with one attached hydrogen (secondary N) is 1. The van der Waals surface area contributed by atoms with Gasteiger partial charge in [-0.05, 0) is 60.1 Å². The molecule has 2 aliphatic rings. The number of hydrogen-bond donors (Lipinski definition) is 2. The topological polar surface area (TPSA) is 95.7 Å². The smallest absolute Gasteiger partial charge is 0.224 e. The number of sulfonamides is 1. The molecule has 2 fully saturated rings. The number of piperidine rings is 1. The Kier molecular flexibility index (Phi) is 6.95. The van der Waals surface area contributed by atoms with E-state index < -0.39 is 10.0 Å². The number of hydrogen-bond acceptors (Lipinski definition) is 5. The highest BCUT2D eigenvalue weighted by Crippen LogP contribution is 2.31. The first-order valence-electron chi connectivity index (χ1n) is 11.7. The van der Waals surface area contributed by atoms with Crippen LogP contribution in [0, 0.1) is 5.92 Å². The Hall–Kier alpha value is -2.58. The van der Waals surface area contributed by atoms with Crippen molar-refractivity contribution < 1.29 is 13.2 Å². The number of anilines is 2. The molecule has 1 amide bonds. The van der Waals surface area contributed by atoms with Gasteiger partial charge in [0.2, 0.25) is 15.9 Å². The van der Waals surface area contributed by atoms with E-state index in [1.807, 2.05) is 38.2 Å². The SMILES string of the molecule is CNc1ccc(C2CCN(S(=O)(=O)C[C@H](C)c3ccc(N4CC(C(N)=O)C4)cc3)CC2)cc1. The second kappa shape index (κ2) is 9.73. The highest BCUT2D eigenvalue weighted by molar-refractivity contribution is 7.89. The molecule has 2 saturated heterocycles. The van der Waals surface area contributed by atoms with Gasteiger partial charge >= 0.3 is 0 Å². The number of benzene rings is 2. The predicted octanol–water partition coefficient (Wildman–Crippen LogP) is 2.96. The summed E-state index contributed by atoms with van der Waals surface area (Å²) < 4.78 is 27.9. The summed E-state index contributed by atoms with van der Waals surface area (Å²) in [5, 5.41) is 3.13. The van der Waals surface area contributed by atoms with Gasteiger partial charge in [0, 0.05) is 44.6 Å². The van der Waals surface area contributed by atoms with E-state index in [0.29, 0.717) is 32.1 Å². The highest BCUT2D eigenvalue weighted by atomic mass is 32.2. The first-order chi connectivity index (χ1) is 15.8. The van der Waals surface area contributed by atoms with Crippen molar-refractivity contribution in [1.82, 2.24) is 4.31 Å². The molecule has 0 aromatic heterocycles. The lowest BCUT2D eigenvalue weighted by atomic mass is 9.90. The van der Waals surface area contributed by atoms with Crippen molar-refractivity contribution in [2.45, 2.75) is 31.6 Å². The van der Waals surface area contributed by atoms with Crippen LogP contribution in [0.5, 0.6) is 0 Å². The number of carbonyl (C=O) groups excluding carboxylic acids is 1. The molecule has 8 heteroatoms. The number of amides is 1. The van der Waals surface area contributed by atoms with Crippen molar-refractivity contribution in [3.63, 3.8) is 0 Å². The third-order valence-corrected chi connectivity index (χ3v) is 9.16. The number of rotatable bonds is 8. The second-order valence-corrected chi connectivity index (χ2v) is 11.3. The van der Waals surface area contributed by atoms with Gasteiger partial charge in [-0.25, -0.2) is 12.7 Å². The zero-order valence-corrected chi connectivity index (χ0v) is 20.2. The maximum atomic E-state index is 13.1. The van der Waals surface area contributed by atoms with Gasteiger partial charge in [-0.1, -0.05) is 31.2 Å². The zero-order valence-electron chi connectivity index (χ0n) is 19.4. The largest absolute Gasteiger partial charge is 0.388 e. The normalized spacial score (nSPS) is 19.2. The number of nitrogens with two attached hydrogens (primary N) is 1. The van der Waals surface area contributed by atoms with Crippen LogP contribution in [0.25, 0.3) is 0 Å². The van der Waals surface area contributed by atoms with Crippen LogP contribution >= 0.6 is 0 Å². The molecule has 33 heavy (non-hydrogen) atoms. The van der Waals surface area contributed by atoms with Gasteiger partial charge in [-0.15, -0.1) is 0 Å². The van der Waals surface area contributed by atoms with Crippen LogP contribution in [0.15, 0.2) is 48.5 Å². The Morgan fingerprint density at radius 2 is 1.67 bits per heavy atom. The van der Waals surface area contributed by atoms with Crippen LogP contribution in [-0.4, -0.2) is 57.6 Å². The van der Waals surface area contributed by atoms with Crippen LogP contribution in [-0.2, 0) is 14.8 Å². The van der Waals surface area contributed by atoms with Crippen molar-refractivity contribution in [2.75, 3.05) is 49.2 Å². The van der Waals surface area contributed by atoms with E-state index in [1.165, 1.54) is 5.56 Å². The minimum absolute atomic E-state index is 0.0782. The van der Waals surface area contributed by atoms with E-state index >= 15 is 0 Å². The lowest BCUT2D eigenvalue weighted by molar-refractivity contribution is -0.122. The lowest BCUT2D eigenvalue weighted by Gasteiger charge is -2.39. The van der Waals surface area contributed by atoms with Crippen molar-refractivity contribution in [2.24, 2.45) is 11.7 Å². The first-order valence-corrected chi connectivity index (χ1v) is 13.3. The maximum absolute atomic E-state index is 13.1. The highest BCUT2D eigenvalue weighted by Gasteiger charge is 2.32. The summed E-state index contributed by atoms with van der Waals surface area (Å²) >= 11 is 0. The van der Waals surface area contributed by atoms with Crippen LogP contribution in [0.1, 0.15) is 42.7 Å². The number of nitrogens with zero attached hydrogens (tertiary/aromatic N) is 2. The van der Waals surface area contributed by atoms with Crippen molar-refractivity contribution >= 4 is 27.3 Å². The molecule has 0 unspecified atom stereocenters. The predicted molar refractivity (Wildman–Crippen MR) is 133 cm³/mol. The molecule has 0 aliphatic carbocycles. The molecular formula is C25H34N4O3S. The monoisotopic (exact) mass is 470 g/mol. The molecule has 178 valence electrons. The van der Waals surface area contributed by atoms with E-state index in [2.05, 4.69) is 34.5 Å². The van der Waals surface area contributed by atoms with Gasteiger partial charge in [0.1, 0.15) is 0 Å². The van der Waals surface area contributed by atoms with Crippen LogP contribution in [0.2, 0.25) is 0 Å². The van der Waals surface area contributed by atoms with Crippen molar-refractivity contribution in [3.05, 3.63) is 59.7 Å². The Bertz CT molecular complexity index is 1060. The fraction of sp³-hybridized carbons (Fsp3) is 0.480. The van der Waals surface area contributed by atoms with E-state index in [1.54, 1.807) is 4.31 Å². The Morgan fingerprint density at radius 3 is 2.21 bits per heavy atom. The molecule has 2 aromatic carbocycles. The van der Waals surface area contributed by atoms with Gasteiger partial charge in [-0.3, -0.25) is 4.79 Å². The van der Waals surface area contributed by atoms with Gasteiger partial charge in [0.25, 0.3) is 0 Å².